The SMILES string of the molecule is Cc1ccc(C(=O)CNc2nc3c(C)cc(C)cc3s2)cc1. The predicted molar refractivity (Wildman–Crippen MR) is 93.1 cm³/mol. The van der Waals surface area contributed by atoms with E-state index in [1.165, 1.54) is 11.1 Å². The number of hydrogen-bond acceptors (Lipinski definition) is 4. The van der Waals surface area contributed by atoms with Gasteiger partial charge in [-0.15, -0.1) is 0 Å². The average molecular weight is 310 g/mol. The molecule has 0 radical (unpaired) electrons. The number of carbonyl (C=O) groups excluding carboxylic acids is 1. The molecular formula is C18H18N2OS. The number of hydrogen-bond donors (Lipinski definition) is 1. The number of thiazole rings is 1. The Morgan fingerprint density at radius 2 is 1.82 bits per heavy atom. The summed E-state index contributed by atoms with van der Waals surface area (Å²) in [5, 5.41) is 3.95. The lowest BCUT2D eigenvalue weighted by molar-refractivity contribution is 0.101. The highest BCUT2D eigenvalue weighted by molar-refractivity contribution is 7.22. The normalized spacial score (nSPS) is 10.9. The summed E-state index contributed by atoms with van der Waals surface area (Å²) in [5.41, 5.74) is 5.30. The molecule has 0 fully saturated rings. The Morgan fingerprint density at radius 1 is 1.09 bits per heavy atom. The third-order valence-electron chi connectivity index (χ3n) is 3.60. The van der Waals surface area contributed by atoms with Crippen LogP contribution in [0.5, 0.6) is 0 Å². The van der Waals surface area contributed by atoms with E-state index in [-0.39, 0.29) is 12.3 Å². The minimum Gasteiger partial charge on any atom is -0.354 e. The number of nitrogens with zero attached hydrogens (tertiary/aromatic N) is 1. The Labute approximate surface area is 134 Å². The summed E-state index contributed by atoms with van der Waals surface area (Å²) in [7, 11) is 0. The van der Waals surface area contributed by atoms with Crippen molar-refractivity contribution in [1.82, 2.24) is 4.98 Å². The van der Waals surface area contributed by atoms with Crippen molar-refractivity contribution in [3.63, 3.8) is 0 Å². The van der Waals surface area contributed by atoms with Crippen LogP contribution in [-0.4, -0.2) is 17.3 Å². The van der Waals surface area contributed by atoms with E-state index in [0.717, 1.165) is 26.5 Å². The smallest absolute Gasteiger partial charge is 0.184 e. The second kappa shape index (κ2) is 5.89. The number of aromatic nitrogens is 1. The number of Topliss-reactive ketones (excluding diaryl/α,β-unsaturated/α-hetero) is 1. The van der Waals surface area contributed by atoms with Gasteiger partial charge in [0, 0.05) is 5.56 Å². The Hall–Kier alpha value is -2.20. The second-order valence-electron chi connectivity index (χ2n) is 5.59. The summed E-state index contributed by atoms with van der Waals surface area (Å²) >= 11 is 1.59. The zero-order valence-electron chi connectivity index (χ0n) is 12.9. The van der Waals surface area contributed by atoms with E-state index in [4.69, 9.17) is 0 Å². The topological polar surface area (TPSA) is 42.0 Å². The number of carbonyl (C=O) groups is 1. The van der Waals surface area contributed by atoms with Gasteiger partial charge in [-0.25, -0.2) is 4.98 Å². The highest BCUT2D eigenvalue weighted by Gasteiger charge is 2.09. The number of benzene rings is 2. The molecule has 3 aromatic rings. The lowest BCUT2D eigenvalue weighted by Crippen LogP contribution is -2.13. The molecule has 1 N–H and O–H groups in total. The molecule has 2 aromatic carbocycles. The number of aryl methyl sites for hydroxylation is 3. The Morgan fingerprint density at radius 3 is 2.55 bits per heavy atom. The number of ketones is 1. The van der Waals surface area contributed by atoms with E-state index in [0.29, 0.717) is 0 Å². The van der Waals surface area contributed by atoms with Crippen LogP contribution in [0.2, 0.25) is 0 Å². The van der Waals surface area contributed by atoms with Gasteiger partial charge in [-0.2, -0.15) is 0 Å². The van der Waals surface area contributed by atoms with Crippen molar-refractivity contribution >= 4 is 32.5 Å². The highest BCUT2D eigenvalue weighted by atomic mass is 32.1. The fraction of sp³-hybridized carbons (Fsp3) is 0.222. The molecule has 0 aliphatic heterocycles. The van der Waals surface area contributed by atoms with Gasteiger partial charge in [0.15, 0.2) is 10.9 Å². The zero-order chi connectivity index (χ0) is 15.7. The molecule has 0 atom stereocenters. The molecule has 0 saturated carbocycles. The summed E-state index contributed by atoms with van der Waals surface area (Å²) < 4.78 is 1.16. The molecule has 112 valence electrons. The van der Waals surface area contributed by atoms with E-state index in [1.807, 2.05) is 31.2 Å². The molecule has 3 nitrogen and oxygen atoms in total. The monoisotopic (exact) mass is 310 g/mol. The van der Waals surface area contributed by atoms with Gasteiger partial charge >= 0.3 is 0 Å². The molecule has 1 heterocycles. The van der Waals surface area contributed by atoms with E-state index >= 15 is 0 Å². The molecule has 0 aliphatic carbocycles. The predicted octanol–water partition coefficient (Wildman–Crippen LogP) is 4.52. The Kier molecular flexibility index (Phi) is 3.94. The van der Waals surface area contributed by atoms with Gasteiger partial charge in [0.2, 0.25) is 0 Å². The second-order valence-corrected chi connectivity index (χ2v) is 6.62. The van der Waals surface area contributed by atoms with Crippen LogP contribution >= 0.6 is 11.3 Å². The van der Waals surface area contributed by atoms with Crippen molar-refractivity contribution in [1.29, 1.82) is 0 Å². The molecule has 22 heavy (non-hydrogen) atoms. The molecule has 0 amide bonds. The molecular weight excluding hydrogens is 292 g/mol. The molecule has 0 aliphatic rings. The van der Waals surface area contributed by atoms with Gasteiger partial charge in [-0.05, 0) is 38.0 Å². The maximum Gasteiger partial charge on any atom is 0.184 e. The van der Waals surface area contributed by atoms with Crippen molar-refractivity contribution in [2.24, 2.45) is 0 Å². The number of anilines is 1. The van der Waals surface area contributed by atoms with Crippen LogP contribution in [0.1, 0.15) is 27.0 Å². The largest absolute Gasteiger partial charge is 0.354 e. The molecule has 0 bridgehead atoms. The Balaban J connectivity index is 1.75. The highest BCUT2D eigenvalue weighted by Crippen LogP contribution is 2.29. The third-order valence-corrected chi connectivity index (χ3v) is 4.56. The summed E-state index contributed by atoms with van der Waals surface area (Å²) in [6, 6.07) is 11.9. The van der Waals surface area contributed by atoms with Crippen LogP contribution in [0, 0.1) is 20.8 Å². The Bertz CT molecular complexity index is 834. The maximum absolute atomic E-state index is 12.2. The minimum atomic E-state index is 0.0761. The van der Waals surface area contributed by atoms with Crippen molar-refractivity contribution in [3.05, 3.63) is 58.7 Å². The van der Waals surface area contributed by atoms with Crippen LogP contribution in [-0.2, 0) is 0 Å². The van der Waals surface area contributed by atoms with Gasteiger partial charge in [0.25, 0.3) is 0 Å². The molecule has 0 spiro atoms. The van der Waals surface area contributed by atoms with Crippen molar-refractivity contribution in [2.45, 2.75) is 20.8 Å². The quantitative estimate of drug-likeness (QED) is 0.721. The van der Waals surface area contributed by atoms with E-state index in [9.17, 15) is 4.79 Å². The van der Waals surface area contributed by atoms with Crippen molar-refractivity contribution in [3.8, 4) is 0 Å². The van der Waals surface area contributed by atoms with Gasteiger partial charge in [-0.3, -0.25) is 4.79 Å². The fourth-order valence-electron chi connectivity index (χ4n) is 2.44. The third kappa shape index (κ3) is 3.02. The summed E-state index contributed by atoms with van der Waals surface area (Å²) in [6.45, 7) is 6.43. The molecule has 4 heteroatoms. The summed E-state index contributed by atoms with van der Waals surface area (Å²) in [6.07, 6.45) is 0. The van der Waals surface area contributed by atoms with Crippen molar-refractivity contribution in [2.75, 3.05) is 11.9 Å². The standard InChI is InChI=1S/C18H18N2OS/c1-11-4-6-14(7-5-11)15(21)10-19-18-20-17-13(3)8-12(2)9-16(17)22-18/h4-9H,10H2,1-3H3,(H,19,20). The fourth-order valence-corrected chi connectivity index (χ4v) is 3.48. The number of rotatable bonds is 4. The average Bonchev–Trinajstić information content (AvgIpc) is 2.89. The summed E-state index contributed by atoms with van der Waals surface area (Å²) in [4.78, 5) is 16.8. The van der Waals surface area contributed by atoms with Gasteiger partial charge in [0.1, 0.15) is 0 Å². The number of nitrogens with one attached hydrogen (secondary N) is 1. The molecule has 0 saturated heterocycles. The van der Waals surface area contributed by atoms with Crippen LogP contribution in [0.3, 0.4) is 0 Å². The van der Waals surface area contributed by atoms with Crippen LogP contribution in [0.15, 0.2) is 36.4 Å². The molecule has 0 unspecified atom stereocenters. The first-order valence-corrected chi connectivity index (χ1v) is 8.06. The van der Waals surface area contributed by atoms with Gasteiger partial charge < -0.3 is 5.32 Å². The first-order valence-electron chi connectivity index (χ1n) is 7.24. The van der Waals surface area contributed by atoms with Crippen LogP contribution < -0.4 is 5.32 Å². The van der Waals surface area contributed by atoms with E-state index < -0.39 is 0 Å². The van der Waals surface area contributed by atoms with Gasteiger partial charge in [-0.1, -0.05) is 47.2 Å². The zero-order valence-corrected chi connectivity index (χ0v) is 13.8. The van der Waals surface area contributed by atoms with Crippen LogP contribution in [0.4, 0.5) is 5.13 Å². The first kappa shape index (κ1) is 14.7. The molecule has 3 rings (SSSR count). The van der Waals surface area contributed by atoms with Crippen LogP contribution in [0.25, 0.3) is 10.2 Å². The molecule has 1 aromatic heterocycles. The van der Waals surface area contributed by atoms with E-state index in [2.05, 4.69) is 36.3 Å². The lowest BCUT2D eigenvalue weighted by atomic mass is 10.1. The maximum atomic E-state index is 12.2. The minimum absolute atomic E-state index is 0.0761. The van der Waals surface area contributed by atoms with Crippen molar-refractivity contribution < 1.29 is 4.79 Å². The van der Waals surface area contributed by atoms with E-state index in [1.54, 1.807) is 11.3 Å². The lowest BCUT2D eigenvalue weighted by Gasteiger charge is -2.02. The first-order chi connectivity index (χ1) is 10.5. The van der Waals surface area contributed by atoms with Gasteiger partial charge in [0.05, 0.1) is 16.8 Å². The number of fused-ring (bicyclic) bond motifs is 1. The summed E-state index contributed by atoms with van der Waals surface area (Å²) in [5.74, 6) is 0.0761.